The van der Waals surface area contributed by atoms with Crippen LogP contribution >= 0.6 is 15.9 Å². The number of anilines is 1. The number of hydrogen-bond donors (Lipinski definition) is 2. The number of benzene rings is 2. The van der Waals surface area contributed by atoms with Gasteiger partial charge in [0.25, 0.3) is 5.91 Å². The molecule has 0 atom stereocenters. The summed E-state index contributed by atoms with van der Waals surface area (Å²) in [6.07, 6.45) is 1.82. The van der Waals surface area contributed by atoms with Gasteiger partial charge in [0, 0.05) is 17.2 Å². The largest absolute Gasteiger partial charge is 0.478 e. The summed E-state index contributed by atoms with van der Waals surface area (Å²) in [6.45, 7) is 0.558. The zero-order valence-electron chi connectivity index (χ0n) is 13.1. The lowest BCUT2D eigenvalue weighted by Crippen LogP contribution is -2.18. The van der Waals surface area contributed by atoms with Crippen LogP contribution in [0, 0.1) is 0 Å². The van der Waals surface area contributed by atoms with E-state index >= 15 is 0 Å². The number of carbonyl (C=O) groups excluding carboxylic acids is 1. The van der Waals surface area contributed by atoms with Crippen molar-refractivity contribution in [2.24, 2.45) is 0 Å². The first-order valence-electron chi connectivity index (χ1n) is 7.58. The van der Waals surface area contributed by atoms with Crippen LogP contribution in [0.3, 0.4) is 0 Å². The molecule has 1 amide bonds. The number of halogens is 1. The molecule has 0 aliphatic heterocycles. The van der Waals surface area contributed by atoms with Gasteiger partial charge in [-0.3, -0.25) is 4.79 Å². The first-order valence-corrected chi connectivity index (χ1v) is 8.37. The van der Waals surface area contributed by atoms with Gasteiger partial charge < -0.3 is 15.0 Å². The molecule has 3 aromatic rings. The molecule has 2 N–H and O–H groups in total. The fourth-order valence-corrected chi connectivity index (χ4v) is 2.89. The highest BCUT2D eigenvalue weighted by Crippen LogP contribution is 2.22. The van der Waals surface area contributed by atoms with Crippen LogP contribution in [0.2, 0.25) is 0 Å². The van der Waals surface area contributed by atoms with E-state index in [1.54, 1.807) is 24.3 Å². The van der Waals surface area contributed by atoms with Crippen molar-refractivity contribution < 1.29 is 14.7 Å². The number of hydrogen-bond acceptors (Lipinski definition) is 2. The van der Waals surface area contributed by atoms with Crippen LogP contribution in [-0.2, 0) is 6.54 Å². The zero-order chi connectivity index (χ0) is 17.8. The third kappa shape index (κ3) is 3.97. The van der Waals surface area contributed by atoms with E-state index in [1.807, 2.05) is 41.1 Å². The number of nitrogens with one attached hydrogen (secondary N) is 1. The van der Waals surface area contributed by atoms with E-state index in [0.29, 0.717) is 16.7 Å². The minimum atomic E-state index is -1.10. The Kier molecular flexibility index (Phi) is 5.00. The van der Waals surface area contributed by atoms with Crippen molar-refractivity contribution in [1.29, 1.82) is 0 Å². The molecule has 0 fully saturated rings. The topological polar surface area (TPSA) is 71.3 Å². The van der Waals surface area contributed by atoms with E-state index in [9.17, 15) is 14.7 Å². The van der Waals surface area contributed by atoms with Crippen LogP contribution < -0.4 is 5.32 Å². The van der Waals surface area contributed by atoms with Gasteiger partial charge in [-0.05, 0) is 35.9 Å². The molecule has 1 heterocycles. The average Bonchev–Trinajstić information content (AvgIpc) is 3.05. The second-order valence-electron chi connectivity index (χ2n) is 5.46. The van der Waals surface area contributed by atoms with Crippen molar-refractivity contribution >= 4 is 33.5 Å². The van der Waals surface area contributed by atoms with Crippen molar-refractivity contribution in [3.8, 4) is 0 Å². The molecular weight excluding hydrogens is 384 g/mol. The van der Waals surface area contributed by atoms with E-state index in [2.05, 4.69) is 21.2 Å². The normalized spacial score (nSPS) is 10.4. The van der Waals surface area contributed by atoms with Crippen molar-refractivity contribution in [1.82, 2.24) is 4.57 Å². The number of carbonyl (C=O) groups is 2. The summed E-state index contributed by atoms with van der Waals surface area (Å²) >= 11 is 3.24. The Balaban J connectivity index is 1.84. The molecule has 0 bridgehead atoms. The molecule has 2 aromatic carbocycles. The molecule has 25 heavy (non-hydrogen) atoms. The minimum absolute atomic E-state index is 0.0314. The number of nitrogens with zero attached hydrogens (tertiary/aromatic N) is 1. The van der Waals surface area contributed by atoms with E-state index in [4.69, 9.17) is 0 Å². The molecule has 0 aliphatic carbocycles. The highest BCUT2D eigenvalue weighted by molar-refractivity contribution is 9.10. The van der Waals surface area contributed by atoms with Crippen LogP contribution in [-0.4, -0.2) is 21.6 Å². The molecule has 3 rings (SSSR count). The van der Waals surface area contributed by atoms with Crippen LogP contribution in [0.15, 0.2) is 71.3 Å². The molecular formula is C19H15BrN2O3. The Hall–Kier alpha value is -2.86. The monoisotopic (exact) mass is 398 g/mol. The van der Waals surface area contributed by atoms with E-state index in [0.717, 1.165) is 5.56 Å². The molecule has 0 saturated carbocycles. The quantitative estimate of drug-likeness (QED) is 0.674. The molecule has 1 aromatic heterocycles. The number of carboxylic acids is 1. The Labute approximate surface area is 153 Å². The van der Waals surface area contributed by atoms with Crippen LogP contribution in [0.1, 0.15) is 26.4 Å². The number of aromatic nitrogens is 1. The molecule has 0 unspecified atom stereocenters. The molecule has 0 spiro atoms. The van der Waals surface area contributed by atoms with Gasteiger partial charge in [-0.25, -0.2) is 4.79 Å². The summed E-state index contributed by atoms with van der Waals surface area (Å²) in [7, 11) is 0. The number of aromatic carboxylic acids is 1. The van der Waals surface area contributed by atoms with Gasteiger partial charge >= 0.3 is 5.97 Å². The summed E-state index contributed by atoms with van der Waals surface area (Å²) in [5.74, 6) is -1.46. The average molecular weight is 399 g/mol. The summed E-state index contributed by atoms with van der Waals surface area (Å²) in [6, 6.07) is 18.0. The molecule has 0 radical (unpaired) electrons. The Morgan fingerprint density at radius 3 is 2.52 bits per heavy atom. The molecule has 126 valence electrons. The maximum atomic E-state index is 12.6. The Morgan fingerprint density at radius 1 is 1.04 bits per heavy atom. The fourth-order valence-electron chi connectivity index (χ4n) is 2.53. The van der Waals surface area contributed by atoms with Gasteiger partial charge in [0.1, 0.15) is 5.69 Å². The molecule has 6 heteroatoms. The summed E-state index contributed by atoms with van der Waals surface area (Å²) in [5, 5.41) is 12.0. The predicted molar refractivity (Wildman–Crippen MR) is 99.0 cm³/mol. The third-order valence-corrected chi connectivity index (χ3v) is 4.21. The lowest BCUT2D eigenvalue weighted by Gasteiger charge is -2.12. The summed E-state index contributed by atoms with van der Waals surface area (Å²) in [4.78, 5) is 24.0. The summed E-state index contributed by atoms with van der Waals surface area (Å²) < 4.78 is 2.46. The van der Waals surface area contributed by atoms with Gasteiger partial charge in [-0.1, -0.05) is 46.3 Å². The van der Waals surface area contributed by atoms with Crippen molar-refractivity contribution in [2.45, 2.75) is 6.54 Å². The predicted octanol–water partition coefficient (Wildman–Crippen LogP) is 4.25. The highest BCUT2D eigenvalue weighted by atomic mass is 79.9. The number of carboxylic acid groups (broad SMARTS) is 1. The van der Waals surface area contributed by atoms with Gasteiger partial charge in [0.2, 0.25) is 0 Å². The van der Waals surface area contributed by atoms with Crippen molar-refractivity contribution in [2.75, 3.05) is 5.32 Å². The minimum Gasteiger partial charge on any atom is -0.478 e. The van der Waals surface area contributed by atoms with Gasteiger partial charge in [0.15, 0.2) is 0 Å². The van der Waals surface area contributed by atoms with Gasteiger partial charge in [0.05, 0.1) is 11.3 Å². The van der Waals surface area contributed by atoms with E-state index < -0.39 is 5.97 Å². The van der Waals surface area contributed by atoms with Gasteiger partial charge in [-0.15, -0.1) is 0 Å². The first kappa shape index (κ1) is 17.0. The standard InChI is InChI=1S/C19H15BrN2O3/c20-14-8-9-16(15(11-14)19(24)25)21-18(23)17-7-4-10-22(17)12-13-5-2-1-3-6-13/h1-11H,12H2,(H,21,23)(H,24,25). The highest BCUT2D eigenvalue weighted by Gasteiger charge is 2.16. The number of rotatable bonds is 5. The zero-order valence-corrected chi connectivity index (χ0v) is 14.7. The molecule has 0 aliphatic rings. The van der Waals surface area contributed by atoms with E-state index in [1.165, 1.54) is 6.07 Å². The van der Waals surface area contributed by atoms with E-state index in [-0.39, 0.29) is 17.2 Å². The van der Waals surface area contributed by atoms with Crippen LogP contribution in [0.25, 0.3) is 0 Å². The van der Waals surface area contributed by atoms with Crippen LogP contribution in [0.5, 0.6) is 0 Å². The Bertz CT molecular complexity index is 919. The maximum absolute atomic E-state index is 12.6. The smallest absolute Gasteiger partial charge is 0.337 e. The second kappa shape index (κ2) is 7.36. The second-order valence-corrected chi connectivity index (χ2v) is 6.37. The maximum Gasteiger partial charge on any atom is 0.337 e. The molecule has 5 nitrogen and oxygen atoms in total. The van der Waals surface area contributed by atoms with Gasteiger partial charge in [-0.2, -0.15) is 0 Å². The lowest BCUT2D eigenvalue weighted by molar-refractivity contribution is 0.0698. The lowest BCUT2D eigenvalue weighted by atomic mass is 10.1. The molecule has 0 saturated heterocycles. The van der Waals surface area contributed by atoms with Crippen molar-refractivity contribution in [3.63, 3.8) is 0 Å². The SMILES string of the molecule is O=C(O)c1cc(Br)ccc1NC(=O)c1cccn1Cc1ccccc1. The number of amides is 1. The fraction of sp³-hybridized carbons (Fsp3) is 0.0526. The Morgan fingerprint density at radius 2 is 1.80 bits per heavy atom. The van der Waals surface area contributed by atoms with Crippen LogP contribution in [0.4, 0.5) is 5.69 Å². The first-order chi connectivity index (χ1) is 12.0. The third-order valence-electron chi connectivity index (χ3n) is 3.72. The van der Waals surface area contributed by atoms with Crippen molar-refractivity contribution in [3.05, 3.63) is 88.2 Å². The summed E-state index contributed by atoms with van der Waals surface area (Å²) in [5.41, 5.74) is 1.82.